The molecule has 138 valence electrons. The van der Waals surface area contributed by atoms with Crippen molar-refractivity contribution in [2.75, 3.05) is 23.7 Å². The van der Waals surface area contributed by atoms with E-state index in [1.807, 2.05) is 0 Å². The molecule has 2 aromatic rings. The molecule has 0 saturated heterocycles. The van der Waals surface area contributed by atoms with Crippen LogP contribution in [0.15, 0.2) is 42.5 Å². The maximum Gasteiger partial charge on any atom is 0.292 e. The lowest BCUT2D eigenvalue weighted by atomic mass is 10.1. The lowest BCUT2D eigenvalue weighted by Gasteiger charge is -2.11. The number of nitro benzene ring substituents is 2. The van der Waals surface area contributed by atoms with E-state index in [9.17, 15) is 25.3 Å². The van der Waals surface area contributed by atoms with Gasteiger partial charge in [-0.25, -0.2) is 0 Å². The number of aliphatic hydroxyl groups excluding tert-OH is 1. The first kappa shape index (κ1) is 19.1. The molecule has 0 fully saturated rings. The minimum absolute atomic E-state index is 0.0260. The standard InChI is InChI=1S/C17H20N4O5/c22-12-13-6-5-9-16(21(25)26)17(13)19-11-4-3-10-18-14-7-1-2-8-15(14)20(23)24/h1-2,5-9,18-19,22H,3-4,10-12H2. The van der Waals surface area contributed by atoms with Crippen LogP contribution in [-0.4, -0.2) is 28.0 Å². The topological polar surface area (TPSA) is 131 Å². The Hall–Kier alpha value is -3.20. The number of para-hydroxylation sites is 3. The molecule has 2 rings (SSSR count). The predicted octanol–water partition coefficient (Wildman–Crippen LogP) is 3.30. The summed E-state index contributed by atoms with van der Waals surface area (Å²) in [5, 5.41) is 37.4. The maximum atomic E-state index is 11.1. The van der Waals surface area contributed by atoms with Gasteiger partial charge in [-0.3, -0.25) is 20.2 Å². The Balaban J connectivity index is 1.84. The average Bonchev–Trinajstić information content (AvgIpc) is 2.64. The summed E-state index contributed by atoms with van der Waals surface area (Å²) in [7, 11) is 0. The molecule has 0 aliphatic rings. The molecule has 0 aromatic heterocycles. The number of nitro groups is 2. The van der Waals surface area contributed by atoms with Gasteiger partial charge in [0.1, 0.15) is 11.4 Å². The third-order valence-electron chi connectivity index (χ3n) is 3.82. The van der Waals surface area contributed by atoms with Crippen molar-refractivity contribution in [3.8, 4) is 0 Å². The summed E-state index contributed by atoms with van der Waals surface area (Å²) in [6.45, 7) is 0.732. The number of hydrogen-bond donors (Lipinski definition) is 3. The number of anilines is 2. The predicted molar refractivity (Wildman–Crippen MR) is 98.3 cm³/mol. The van der Waals surface area contributed by atoms with Gasteiger partial charge in [-0.15, -0.1) is 0 Å². The molecule has 2 aromatic carbocycles. The summed E-state index contributed by atoms with van der Waals surface area (Å²) in [4.78, 5) is 21.1. The van der Waals surface area contributed by atoms with Crippen molar-refractivity contribution in [2.24, 2.45) is 0 Å². The van der Waals surface area contributed by atoms with Gasteiger partial charge in [-0.05, 0) is 18.9 Å². The number of hydrogen-bond acceptors (Lipinski definition) is 7. The van der Waals surface area contributed by atoms with Crippen molar-refractivity contribution in [1.29, 1.82) is 0 Å². The smallest absolute Gasteiger partial charge is 0.292 e. The lowest BCUT2D eigenvalue weighted by molar-refractivity contribution is -0.384. The van der Waals surface area contributed by atoms with Crippen LogP contribution in [0.3, 0.4) is 0 Å². The van der Waals surface area contributed by atoms with E-state index < -0.39 is 9.85 Å². The normalized spacial score (nSPS) is 10.3. The van der Waals surface area contributed by atoms with E-state index >= 15 is 0 Å². The molecule has 0 saturated carbocycles. The van der Waals surface area contributed by atoms with E-state index in [-0.39, 0.29) is 18.0 Å². The largest absolute Gasteiger partial charge is 0.392 e. The van der Waals surface area contributed by atoms with Gasteiger partial charge >= 0.3 is 0 Å². The molecule has 0 atom stereocenters. The van der Waals surface area contributed by atoms with Gasteiger partial charge < -0.3 is 15.7 Å². The van der Waals surface area contributed by atoms with Crippen LogP contribution in [0.2, 0.25) is 0 Å². The molecular formula is C17H20N4O5. The minimum atomic E-state index is -0.489. The summed E-state index contributed by atoms with van der Waals surface area (Å²) in [6.07, 6.45) is 1.42. The summed E-state index contributed by atoms with van der Waals surface area (Å²) in [5.74, 6) is 0. The van der Waals surface area contributed by atoms with E-state index in [1.165, 1.54) is 18.2 Å². The zero-order valence-corrected chi connectivity index (χ0v) is 14.1. The van der Waals surface area contributed by atoms with Gasteiger partial charge in [0, 0.05) is 30.8 Å². The third kappa shape index (κ3) is 4.90. The fraction of sp³-hybridized carbons (Fsp3) is 0.294. The van der Waals surface area contributed by atoms with Gasteiger partial charge in [0.25, 0.3) is 11.4 Å². The van der Waals surface area contributed by atoms with Gasteiger partial charge in [-0.2, -0.15) is 0 Å². The molecule has 0 amide bonds. The van der Waals surface area contributed by atoms with Crippen LogP contribution in [0, 0.1) is 20.2 Å². The molecule has 0 aliphatic carbocycles. The van der Waals surface area contributed by atoms with Gasteiger partial charge in [0.05, 0.1) is 16.5 Å². The summed E-state index contributed by atoms with van der Waals surface area (Å²) >= 11 is 0. The van der Waals surface area contributed by atoms with Gasteiger partial charge in [0.2, 0.25) is 0 Å². The van der Waals surface area contributed by atoms with E-state index in [2.05, 4.69) is 10.6 Å². The highest BCUT2D eigenvalue weighted by Crippen LogP contribution is 2.28. The third-order valence-corrected chi connectivity index (χ3v) is 3.82. The molecule has 9 nitrogen and oxygen atoms in total. The number of nitrogens with zero attached hydrogens (tertiary/aromatic N) is 2. The quantitative estimate of drug-likeness (QED) is 0.336. The lowest BCUT2D eigenvalue weighted by Crippen LogP contribution is -2.10. The van der Waals surface area contributed by atoms with Crippen molar-refractivity contribution >= 4 is 22.7 Å². The highest BCUT2D eigenvalue weighted by Gasteiger charge is 2.16. The minimum Gasteiger partial charge on any atom is -0.392 e. The summed E-state index contributed by atoms with van der Waals surface area (Å²) in [5.41, 5.74) is 1.21. The monoisotopic (exact) mass is 360 g/mol. The fourth-order valence-corrected chi connectivity index (χ4v) is 2.54. The van der Waals surface area contributed by atoms with E-state index in [0.717, 1.165) is 0 Å². The van der Waals surface area contributed by atoms with Crippen LogP contribution in [0.1, 0.15) is 18.4 Å². The Morgan fingerprint density at radius 1 is 0.846 bits per heavy atom. The summed E-state index contributed by atoms with van der Waals surface area (Å²) < 4.78 is 0. The number of unbranched alkanes of at least 4 members (excludes halogenated alkanes) is 1. The molecule has 9 heteroatoms. The highest BCUT2D eigenvalue weighted by molar-refractivity contribution is 5.66. The van der Waals surface area contributed by atoms with Crippen LogP contribution in [-0.2, 0) is 6.61 Å². The van der Waals surface area contributed by atoms with Crippen LogP contribution >= 0.6 is 0 Å². The van der Waals surface area contributed by atoms with E-state index in [4.69, 9.17) is 0 Å². The molecule has 0 unspecified atom stereocenters. The zero-order chi connectivity index (χ0) is 18.9. The molecule has 0 spiro atoms. The maximum absolute atomic E-state index is 11.1. The first-order chi connectivity index (χ1) is 12.5. The Kier molecular flexibility index (Phi) is 6.86. The van der Waals surface area contributed by atoms with Crippen molar-refractivity contribution < 1.29 is 15.0 Å². The second-order valence-corrected chi connectivity index (χ2v) is 5.56. The first-order valence-electron chi connectivity index (χ1n) is 8.13. The highest BCUT2D eigenvalue weighted by atomic mass is 16.6. The SMILES string of the molecule is O=[N+]([O-])c1ccccc1NCCCCNc1c(CO)cccc1[N+](=O)[O-]. The van der Waals surface area contributed by atoms with Crippen LogP contribution in [0.5, 0.6) is 0 Å². The summed E-state index contributed by atoms with van der Waals surface area (Å²) in [6, 6.07) is 11.0. The van der Waals surface area contributed by atoms with Gasteiger partial charge in [0.15, 0.2) is 0 Å². The first-order valence-corrected chi connectivity index (χ1v) is 8.13. The van der Waals surface area contributed by atoms with E-state index in [1.54, 1.807) is 24.3 Å². The van der Waals surface area contributed by atoms with Gasteiger partial charge in [-0.1, -0.05) is 24.3 Å². The number of nitrogens with one attached hydrogen (secondary N) is 2. The van der Waals surface area contributed by atoms with Crippen molar-refractivity contribution in [3.05, 3.63) is 68.3 Å². The van der Waals surface area contributed by atoms with E-state index in [0.29, 0.717) is 42.9 Å². The Bertz CT molecular complexity index is 781. The Morgan fingerprint density at radius 3 is 2.12 bits per heavy atom. The molecule has 0 radical (unpaired) electrons. The number of rotatable bonds is 10. The second-order valence-electron chi connectivity index (χ2n) is 5.56. The van der Waals surface area contributed by atoms with Crippen LogP contribution in [0.4, 0.5) is 22.7 Å². The molecule has 0 heterocycles. The molecular weight excluding hydrogens is 340 g/mol. The molecule has 26 heavy (non-hydrogen) atoms. The fourth-order valence-electron chi connectivity index (χ4n) is 2.54. The Morgan fingerprint density at radius 2 is 1.46 bits per heavy atom. The zero-order valence-electron chi connectivity index (χ0n) is 14.1. The van der Waals surface area contributed by atoms with Crippen molar-refractivity contribution in [2.45, 2.75) is 19.4 Å². The second kappa shape index (κ2) is 9.33. The molecule has 0 bridgehead atoms. The number of aliphatic hydroxyl groups is 1. The van der Waals surface area contributed by atoms with Crippen molar-refractivity contribution in [3.63, 3.8) is 0 Å². The van der Waals surface area contributed by atoms with Crippen LogP contribution < -0.4 is 10.6 Å². The molecule has 0 aliphatic heterocycles. The van der Waals surface area contributed by atoms with Crippen molar-refractivity contribution in [1.82, 2.24) is 0 Å². The average molecular weight is 360 g/mol. The number of benzene rings is 2. The Labute approximate surface area is 150 Å². The van der Waals surface area contributed by atoms with Crippen LogP contribution in [0.25, 0.3) is 0 Å². The molecule has 3 N–H and O–H groups in total.